The minimum Gasteiger partial charge on any atom is -0.384 e. The quantitative estimate of drug-likeness (QED) is 0.833. The highest BCUT2D eigenvalue weighted by Gasteiger charge is 2.07. The second kappa shape index (κ2) is 7.40. The summed E-state index contributed by atoms with van der Waals surface area (Å²) >= 11 is 5.01. The number of pyridine rings is 1. The number of rotatable bonds is 6. The van der Waals surface area contributed by atoms with Gasteiger partial charge in [0.1, 0.15) is 5.69 Å². The van der Waals surface area contributed by atoms with Crippen LogP contribution in [0.2, 0.25) is 0 Å². The van der Waals surface area contributed by atoms with Crippen molar-refractivity contribution < 1.29 is 4.79 Å². The van der Waals surface area contributed by atoms with Gasteiger partial charge in [-0.05, 0) is 46.6 Å². The second-order valence-corrected chi connectivity index (χ2v) is 6.79. The Morgan fingerprint density at radius 1 is 1.35 bits per heavy atom. The standard InChI is InChI=1S/C14H16BrN3OS/c1-2-7-16-10-3-5-12(17-8-10)14(19)18-9-11-4-6-13(15)20-11/h3-6,8,16H,2,7,9H2,1H3,(H,18,19). The SMILES string of the molecule is CCCNc1ccc(C(=O)NCc2ccc(Br)s2)nc1. The van der Waals surface area contributed by atoms with Gasteiger partial charge in [-0.2, -0.15) is 0 Å². The van der Waals surface area contributed by atoms with Crippen molar-refractivity contribution in [3.63, 3.8) is 0 Å². The number of hydrogen-bond donors (Lipinski definition) is 2. The van der Waals surface area contributed by atoms with E-state index < -0.39 is 0 Å². The van der Waals surface area contributed by atoms with Crippen LogP contribution in [0.5, 0.6) is 0 Å². The van der Waals surface area contributed by atoms with Crippen molar-refractivity contribution >= 4 is 38.9 Å². The minimum absolute atomic E-state index is 0.156. The van der Waals surface area contributed by atoms with E-state index in [0.717, 1.165) is 27.3 Å². The number of carbonyl (C=O) groups is 1. The number of aromatic nitrogens is 1. The van der Waals surface area contributed by atoms with Crippen LogP contribution in [-0.4, -0.2) is 17.4 Å². The maximum absolute atomic E-state index is 11.9. The molecule has 0 saturated heterocycles. The average Bonchev–Trinajstić information content (AvgIpc) is 2.89. The Morgan fingerprint density at radius 2 is 2.20 bits per heavy atom. The van der Waals surface area contributed by atoms with Gasteiger partial charge in [-0.3, -0.25) is 4.79 Å². The lowest BCUT2D eigenvalue weighted by Crippen LogP contribution is -2.23. The largest absolute Gasteiger partial charge is 0.384 e. The Balaban J connectivity index is 1.88. The van der Waals surface area contributed by atoms with Crippen molar-refractivity contribution in [3.05, 3.63) is 44.8 Å². The van der Waals surface area contributed by atoms with E-state index in [4.69, 9.17) is 0 Å². The Hall–Kier alpha value is -1.40. The summed E-state index contributed by atoms with van der Waals surface area (Å²) in [4.78, 5) is 17.2. The third-order valence-electron chi connectivity index (χ3n) is 2.63. The molecule has 0 atom stereocenters. The van der Waals surface area contributed by atoms with Crippen molar-refractivity contribution in [3.8, 4) is 0 Å². The molecule has 2 N–H and O–H groups in total. The zero-order chi connectivity index (χ0) is 14.4. The van der Waals surface area contributed by atoms with E-state index in [1.165, 1.54) is 0 Å². The van der Waals surface area contributed by atoms with Crippen LogP contribution in [-0.2, 0) is 6.54 Å². The molecule has 0 radical (unpaired) electrons. The summed E-state index contributed by atoms with van der Waals surface area (Å²) in [5.41, 5.74) is 1.37. The molecule has 0 unspecified atom stereocenters. The normalized spacial score (nSPS) is 10.3. The highest BCUT2D eigenvalue weighted by molar-refractivity contribution is 9.11. The van der Waals surface area contributed by atoms with Crippen LogP contribution in [0.1, 0.15) is 28.7 Å². The third kappa shape index (κ3) is 4.31. The van der Waals surface area contributed by atoms with Gasteiger partial charge in [-0.25, -0.2) is 4.98 Å². The van der Waals surface area contributed by atoms with E-state index >= 15 is 0 Å². The number of anilines is 1. The van der Waals surface area contributed by atoms with Crippen molar-refractivity contribution in [2.75, 3.05) is 11.9 Å². The zero-order valence-corrected chi connectivity index (χ0v) is 13.6. The summed E-state index contributed by atoms with van der Waals surface area (Å²) in [7, 11) is 0. The smallest absolute Gasteiger partial charge is 0.270 e. The molecule has 0 aromatic carbocycles. The Labute approximate surface area is 130 Å². The van der Waals surface area contributed by atoms with Gasteiger partial charge >= 0.3 is 0 Å². The summed E-state index contributed by atoms with van der Waals surface area (Å²) in [5, 5.41) is 6.08. The number of nitrogens with zero attached hydrogens (tertiary/aromatic N) is 1. The Bertz CT molecular complexity index is 568. The lowest BCUT2D eigenvalue weighted by atomic mass is 10.3. The molecule has 1 amide bonds. The van der Waals surface area contributed by atoms with Gasteiger partial charge in [0.15, 0.2) is 0 Å². The van der Waals surface area contributed by atoms with E-state index in [2.05, 4.69) is 38.5 Å². The van der Waals surface area contributed by atoms with Gasteiger partial charge in [-0.15, -0.1) is 11.3 Å². The fourth-order valence-corrected chi connectivity index (χ4v) is 3.03. The topological polar surface area (TPSA) is 54.0 Å². The first-order chi connectivity index (χ1) is 9.69. The van der Waals surface area contributed by atoms with Gasteiger partial charge in [0.05, 0.1) is 22.2 Å². The second-order valence-electron chi connectivity index (χ2n) is 4.25. The molecule has 0 saturated carbocycles. The molecule has 0 aliphatic rings. The average molecular weight is 354 g/mol. The van der Waals surface area contributed by atoms with Crippen LogP contribution >= 0.6 is 27.3 Å². The van der Waals surface area contributed by atoms with E-state index in [0.29, 0.717) is 12.2 Å². The van der Waals surface area contributed by atoms with Gasteiger partial charge in [0, 0.05) is 11.4 Å². The lowest BCUT2D eigenvalue weighted by molar-refractivity contribution is 0.0946. The molecular formula is C14H16BrN3OS. The van der Waals surface area contributed by atoms with Crippen LogP contribution in [0, 0.1) is 0 Å². The van der Waals surface area contributed by atoms with Gasteiger partial charge in [0.25, 0.3) is 5.91 Å². The fraction of sp³-hybridized carbons (Fsp3) is 0.286. The summed E-state index contributed by atoms with van der Waals surface area (Å²) in [5.74, 6) is -0.156. The molecular weight excluding hydrogens is 338 g/mol. The van der Waals surface area contributed by atoms with Gasteiger partial charge in [-0.1, -0.05) is 6.92 Å². The molecule has 0 aliphatic carbocycles. The van der Waals surface area contributed by atoms with Crippen molar-refractivity contribution in [1.29, 1.82) is 0 Å². The van der Waals surface area contributed by atoms with Crippen molar-refractivity contribution in [1.82, 2.24) is 10.3 Å². The highest BCUT2D eigenvalue weighted by atomic mass is 79.9. The number of amides is 1. The first-order valence-electron chi connectivity index (χ1n) is 6.41. The maximum atomic E-state index is 11.9. The van der Waals surface area contributed by atoms with Crippen LogP contribution in [0.15, 0.2) is 34.2 Å². The third-order valence-corrected chi connectivity index (χ3v) is 4.25. The van der Waals surface area contributed by atoms with Gasteiger partial charge < -0.3 is 10.6 Å². The summed E-state index contributed by atoms with van der Waals surface area (Å²) < 4.78 is 1.06. The molecule has 2 aromatic heterocycles. The number of carbonyl (C=O) groups excluding carboxylic acids is 1. The maximum Gasteiger partial charge on any atom is 0.270 e. The molecule has 0 fully saturated rings. The molecule has 20 heavy (non-hydrogen) atoms. The molecule has 0 bridgehead atoms. The molecule has 0 aliphatic heterocycles. The molecule has 6 heteroatoms. The summed E-state index contributed by atoms with van der Waals surface area (Å²) in [6.07, 6.45) is 2.74. The number of hydrogen-bond acceptors (Lipinski definition) is 4. The Morgan fingerprint density at radius 3 is 2.80 bits per heavy atom. The number of nitrogens with one attached hydrogen (secondary N) is 2. The van der Waals surface area contributed by atoms with Crippen LogP contribution in [0.25, 0.3) is 0 Å². The molecule has 106 valence electrons. The van der Waals surface area contributed by atoms with Gasteiger partial charge in [0.2, 0.25) is 0 Å². The molecule has 4 nitrogen and oxygen atoms in total. The first-order valence-corrected chi connectivity index (χ1v) is 8.02. The summed E-state index contributed by atoms with van der Waals surface area (Å²) in [6, 6.07) is 7.57. The zero-order valence-electron chi connectivity index (χ0n) is 11.1. The van der Waals surface area contributed by atoms with Crippen molar-refractivity contribution in [2.45, 2.75) is 19.9 Å². The predicted octanol–water partition coefficient (Wildman–Crippen LogP) is 3.66. The van der Waals surface area contributed by atoms with E-state index in [1.54, 1.807) is 23.6 Å². The number of halogens is 1. The Kier molecular flexibility index (Phi) is 5.55. The van der Waals surface area contributed by atoms with Crippen LogP contribution < -0.4 is 10.6 Å². The molecule has 2 rings (SSSR count). The molecule has 0 spiro atoms. The van der Waals surface area contributed by atoms with E-state index in [9.17, 15) is 4.79 Å². The molecule has 2 heterocycles. The van der Waals surface area contributed by atoms with Crippen LogP contribution in [0.3, 0.4) is 0 Å². The number of thiophene rings is 1. The highest BCUT2D eigenvalue weighted by Crippen LogP contribution is 2.21. The summed E-state index contributed by atoms with van der Waals surface area (Å²) in [6.45, 7) is 3.53. The van der Waals surface area contributed by atoms with Crippen LogP contribution in [0.4, 0.5) is 5.69 Å². The molecule has 2 aromatic rings. The predicted molar refractivity (Wildman–Crippen MR) is 86.2 cm³/mol. The van der Waals surface area contributed by atoms with E-state index in [-0.39, 0.29) is 5.91 Å². The fourth-order valence-electron chi connectivity index (χ4n) is 1.61. The lowest BCUT2D eigenvalue weighted by Gasteiger charge is -2.06. The minimum atomic E-state index is -0.156. The van der Waals surface area contributed by atoms with E-state index in [1.807, 2.05) is 18.2 Å². The van der Waals surface area contributed by atoms with Crippen molar-refractivity contribution in [2.24, 2.45) is 0 Å². The first kappa shape index (κ1) is 15.0. The monoisotopic (exact) mass is 353 g/mol.